The molecule has 0 aliphatic rings. The number of rotatable bonds is 4. The molecule has 0 amide bonds. The van der Waals surface area contributed by atoms with Crippen LogP contribution in [0.2, 0.25) is 0 Å². The van der Waals surface area contributed by atoms with Crippen LogP contribution in [-0.4, -0.2) is 30.6 Å². The van der Waals surface area contributed by atoms with Crippen molar-refractivity contribution in [2.24, 2.45) is 11.1 Å². The quantitative estimate of drug-likeness (QED) is 0.728. The largest absolute Gasteiger partial charge is 0.329 e. The predicted molar refractivity (Wildman–Crippen MR) is 59.8 cm³/mol. The van der Waals surface area contributed by atoms with Gasteiger partial charge in [-0.05, 0) is 25.8 Å². The molecule has 1 unspecified atom stereocenters. The van der Waals surface area contributed by atoms with Gasteiger partial charge in [0.1, 0.15) is 0 Å². The fourth-order valence-corrected chi connectivity index (χ4v) is 1.47. The summed E-state index contributed by atoms with van der Waals surface area (Å²) in [6.45, 7) is 13.0. The van der Waals surface area contributed by atoms with E-state index >= 15 is 0 Å². The van der Waals surface area contributed by atoms with Crippen LogP contribution < -0.4 is 5.73 Å². The number of hydrogen-bond acceptors (Lipinski definition) is 2. The van der Waals surface area contributed by atoms with E-state index in [1.165, 1.54) is 0 Å². The third-order valence-corrected chi connectivity index (χ3v) is 2.83. The first-order valence-electron chi connectivity index (χ1n) is 5.16. The lowest BCUT2D eigenvalue weighted by Gasteiger charge is -2.40. The number of nitrogens with zero attached hydrogens (tertiary/aromatic N) is 1. The molecular weight excluding hydrogens is 160 g/mol. The number of likely N-dealkylation sites (N-methyl/N-ethyl adjacent to an activating group) is 1. The van der Waals surface area contributed by atoms with Crippen molar-refractivity contribution in [3.63, 3.8) is 0 Å². The highest BCUT2D eigenvalue weighted by Crippen LogP contribution is 2.22. The smallest absolute Gasteiger partial charge is 0.0298 e. The first kappa shape index (κ1) is 12.9. The van der Waals surface area contributed by atoms with E-state index in [2.05, 4.69) is 46.6 Å². The summed E-state index contributed by atoms with van der Waals surface area (Å²) >= 11 is 0. The van der Waals surface area contributed by atoms with E-state index in [9.17, 15) is 0 Å². The molecule has 0 bridgehead atoms. The van der Waals surface area contributed by atoms with Gasteiger partial charge in [0.05, 0.1) is 0 Å². The van der Waals surface area contributed by atoms with Gasteiger partial charge in [-0.2, -0.15) is 0 Å². The van der Waals surface area contributed by atoms with Crippen LogP contribution in [-0.2, 0) is 0 Å². The minimum atomic E-state index is 0.160. The molecule has 2 heteroatoms. The van der Waals surface area contributed by atoms with Crippen molar-refractivity contribution in [1.29, 1.82) is 0 Å². The van der Waals surface area contributed by atoms with E-state index in [1.807, 2.05) is 0 Å². The highest BCUT2D eigenvalue weighted by Gasteiger charge is 2.28. The van der Waals surface area contributed by atoms with Crippen LogP contribution in [0.25, 0.3) is 0 Å². The molecule has 0 aromatic rings. The summed E-state index contributed by atoms with van der Waals surface area (Å²) in [6, 6.07) is 0. The highest BCUT2D eigenvalue weighted by molar-refractivity contribution is 4.86. The molecule has 2 N–H and O–H groups in total. The van der Waals surface area contributed by atoms with E-state index < -0.39 is 0 Å². The Hall–Kier alpha value is -0.0800. The average Bonchev–Trinajstić information content (AvgIpc) is 2.00. The van der Waals surface area contributed by atoms with Gasteiger partial charge < -0.3 is 5.73 Å². The maximum absolute atomic E-state index is 5.80. The second-order valence-electron chi connectivity index (χ2n) is 5.47. The lowest BCUT2D eigenvalue weighted by Crippen LogP contribution is -2.51. The predicted octanol–water partition coefficient (Wildman–Crippen LogP) is 2.09. The zero-order valence-electron chi connectivity index (χ0n) is 10.1. The van der Waals surface area contributed by atoms with Gasteiger partial charge in [-0.3, -0.25) is 4.90 Å². The Labute approximate surface area is 83.5 Å². The highest BCUT2D eigenvalue weighted by atomic mass is 15.2. The Kier molecular flexibility index (Phi) is 4.40. The van der Waals surface area contributed by atoms with Crippen molar-refractivity contribution < 1.29 is 0 Å². The molecule has 0 aromatic heterocycles. The third-order valence-electron chi connectivity index (χ3n) is 2.83. The Morgan fingerprint density at radius 3 is 1.85 bits per heavy atom. The van der Waals surface area contributed by atoms with Gasteiger partial charge in [-0.15, -0.1) is 0 Å². The summed E-state index contributed by atoms with van der Waals surface area (Å²) in [6.07, 6.45) is 1.11. The summed E-state index contributed by atoms with van der Waals surface area (Å²) < 4.78 is 0. The maximum Gasteiger partial charge on any atom is 0.0298 e. The molecule has 0 saturated carbocycles. The molecule has 0 spiro atoms. The van der Waals surface area contributed by atoms with Crippen LogP contribution in [0.5, 0.6) is 0 Å². The zero-order chi connectivity index (χ0) is 10.7. The van der Waals surface area contributed by atoms with E-state index in [1.54, 1.807) is 0 Å². The summed E-state index contributed by atoms with van der Waals surface area (Å²) in [4.78, 5) is 2.38. The number of hydrogen-bond donors (Lipinski definition) is 1. The van der Waals surface area contributed by atoms with Gasteiger partial charge in [0.2, 0.25) is 0 Å². The average molecular weight is 186 g/mol. The molecule has 0 fully saturated rings. The van der Waals surface area contributed by atoms with E-state index in [4.69, 9.17) is 5.73 Å². The van der Waals surface area contributed by atoms with Crippen molar-refractivity contribution in [3.05, 3.63) is 0 Å². The van der Waals surface area contributed by atoms with E-state index in [-0.39, 0.29) is 5.54 Å². The molecular formula is C11H26N2. The van der Waals surface area contributed by atoms with Crippen LogP contribution >= 0.6 is 0 Å². The van der Waals surface area contributed by atoms with Crippen LogP contribution in [0.4, 0.5) is 0 Å². The molecule has 13 heavy (non-hydrogen) atoms. The summed E-state index contributed by atoms with van der Waals surface area (Å²) in [7, 11) is 2.17. The molecule has 0 aliphatic heterocycles. The zero-order valence-corrected chi connectivity index (χ0v) is 10.1. The van der Waals surface area contributed by atoms with Gasteiger partial charge in [0, 0.05) is 18.6 Å². The molecule has 1 atom stereocenters. The van der Waals surface area contributed by atoms with Crippen LogP contribution in [0, 0.1) is 5.41 Å². The SMILES string of the molecule is CCC(C)(CN)N(C)CC(C)(C)C. The molecule has 0 radical (unpaired) electrons. The standard InChI is InChI=1S/C11H26N2/c1-7-11(5,8-12)13(6)9-10(2,3)4/h7-9,12H2,1-6H3. The maximum atomic E-state index is 5.80. The van der Waals surface area contributed by atoms with Crippen LogP contribution in [0.1, 0.15) is 41.0 Å². The normalized spacial score (nSPS) is 17.5. The third kappa shape index (κ3) is 4.10. The summed E-state index contributed by atoms with van der Waals surface area (Å²) in [5.74, 6) is 0. The van der Waals surface area contributed by atoms with Crippen LogP contribution in [0.3, 0.4) is 0 Å². The van der Waals surface area contributed by atoms with Gasteiger partial charge in [0.25, 0.3) is 0 Å². The van der Waals surface area contributed by atoms with Crippen molar-refractivity contribution in [2.75, 3.05) is 20.1 Å². The lowest BCUT2D eigenvalue weighted by atomic mass is 9.91. The van der Waals surface area contributed by atoms with Gasteiger partial charge in [-0.1, -0.05) is 27.7 Å². The Bertz CT molecular complexity index is 143. The molecule has 0 aliphatic carbocycles. The summed E-state index contributed by atoms with van der Waals surface area (Å²) in [5, 5.41) is 0. The van der Waals surface area contributed by atoms with Gasteiger partial charge in [0.15, 0.2) is 0 Å². The minimum absolute atomic E-state index is 0.160. The number of nitrogens with two attached hydrogens (primary N) is 1. The molecule has 80 valence electrons. The van der Waals surface area contributed by atoms with Crippen molar-refractivity contribution >= 4 is 0 Å². The second kappa shape index (κ2) is 4.43. The van der Waals surface area contributed by atoms with Gasteiger partial charge in [-0.25, -0.2) is 0 Å². The first-order chi connectivity index (χ1) is 5.75. The molecule has 0 saturated heterocycles. The Morgan fingerprint density at radius 2 is 1.62 bits per heavy atom. The fraction of sp³-hybridized carbons (Fsp3) is 1.00. The Morgan fingerprint density at radius 1 is 1.15 bits per heavy atom. The molecule has 0 heterocycles. The van der Waals surface area contributed by atoms with Crippen molar-refractivity contribution in [1.82, 2.24) is 4.90 Å². The van der Waals surface area contributed by atoms with E-state index in [0.717, 1.165) is 19.5 Å². The second-order valence-corrected chi connectivity index (χ2v) is 5.47. The Balaban J connectivity index is 4.31. The van der Waals surface area contributed by atoms with Gasteiger partial charge >= 0.3 is 0 Å². The first-order valence-corrected chi connectivity index (χ1v) is 5.16. The van der Waals surface area contributed by atoms with Crippen molar-refractivity contribution in [3.8, 4) is 0 Å². The molecule has 0 rings (SSSR count). The van der Waals surface area contributed by atoms with E-state index in [0.29, 0.717) is 5.41 Å². The molecule has 2 nitrogen and oxygen atoms in total. The van der Waals surface area contributed by atoms with Crippen molar-refractivity contribution in [2.45, 2.75) is 46.6 Å². The fourth-order valence-electron chi connectivity index (χ4n) is 1.47. The topological polar surface area (TPSA) is 29.3 Å². The summed E-state index contributed by atoms with van der Waals surface area (Å²) in [5.41, 5.74) is 6.30. The lowest BCUT2D eigenvalue weighted by molar-refractivity contribution is 0.0971. The van der Waals surface area contributed by atoms with Crippen LogP contribution in [0.15, 0.2) is 0 Å². The molecule has 0 aromatic carbocycles. The monoisotopic (exact) mass is 186 g/mol. The minimum Gasteiger partial charge on any atom is -0.329 e.